The molecule has 1 aromatic carbocycles. The van der Waals surface area contributed by atoms with Gasteiger partial charge < -0.3 is 19.5 Å². The molecule has 1 amide bonds. The maximum absolute atomic E-state index is 12.1. The summed E-state index contributed by atoms with van der Waals surface area (Å²) in [5.74, 6) is 0.722. The summed E-state index contributed by atoms with van der Waals surface area (Å²) >= 11 is 0. The smallest absolute Gasteiger partial charge is 0.249 e. The van der Waals surface area contributed by atoms with Crippen LogP contribution in [0, 0.1) is 6.92 Å². The Morgan fingerprint density at radius 2 is 2.17 bits per heavy atom. The molecule has 0 aliphatic carbocycles. The molecule has 0 aromatic heterocycles. The second-order valence-electron chi connectivity index (χ2n) is 6.10. The predicted octanol–water partition coefficient (Wildman–Crippen LogP) is 2.46. The first-order valence-electron chi connectivity index (χ1n) is 8.28. The lowest BCUT2D eigenvalue weighted by atomic mass is 10.2. The van der Waals surface area contributed by atoms with Gasteiger partial charge in [-0.05, 0) is 45.2 Å². The number of nitrogens with one attached hydrogen (secondary N) is 1. The summed E-state index contributed by atoms with van der Waals surface area (Å²) in [7, 11) is 0. The van der Waals surface area contributed by atoms with E-state index in [1.165, 1.54) is 0 Å². The lowest BCUT2D eigenvalue weighted by Crippen LogP contribution is -2.43. The van der Waals surface area contributed by atoms with Crippen molar-refractivity contribution in [3.05, 3.63) is 29.8 Å². The van der Waals surface area contributed by atoms with Gasteiger partial charge in [0.25, 0.3) is 0 Å². The van der Waals surface area contributed by atoms with E-state index in [9.17, 15) is 4.79 Å². The van der Waals surface area contributed by atoms with Crippen molar-refractivity contribution >= 4 is 5.91 Å². The maximum atomic E-state index is 12.1. The maximum Gasteiger partial charge on any atom is 0.249 e. The monoisotopic (exact) mass is 321 g/mol. The SMILES string of the molecule is Cc1ccccc1OC[C@H](C)NC(=O)[C@H](C)OC[C@@H]1CCCO1. The van der Waals surface area contributed by atoms with Crippen molar-refractivity contribution in [2.24, 2.45) is 0 Å². The molecule has 0 radical (unpaired) electrons. The number of para-hydroxylation sites is 1. The third-order valence-electron chi connectivity index (χ3n) is 3.90. The van der Waals surface area contributed by atoms with Gasteiger partial charge in [0.1, 0.15) is 18.5 Å². The zero-order chi connectivity index (χ0) is 16.7. The standard InChI is InChI=1S/C18H27NO4/c1-13-7-4-5-9-17(13)23-11-14(2)19-18(20)15(3)22-12-16-8-6-10-21-16/h4-5,7,9,14-16H,6,8,10-12H2,1-3H3,(H,19,20)/t14-,15-,16-/m0/s1. The third-order valence-corrected chi connectivity index (χ3v) is 3.90. The van der Waals surface area contributed by atoms with Crippen LogP contribution in [0.15, 0.2) is 24.3 Å². The van der Waals surface area contributed by atoms with E-state index in [-0.39, 0.29) is 18.1 Å². The highest BCUT2D eigenvalue weighted by Crippen LogP contribution is 2.16. The molecule has 2 rings (SSSR count). The molecule has 5 nitrogen and oxygen atoms in total. The fourth-order valence-electron chi connectivity index (χ4n) is 2.44. The number of amides is 1. The highest BCUT2D eigenvalue weighted by Gasteiger charge is 2.20. The Hall–Kier alpha value is -1.59. The summed E-state index contributed by atoms with van der Waals surface area (Å²) in [6.07, 6.45) is 1.73. The zero-order valence-corrected chi connectivity index (χ0v) is 14.2. The van der Waals surface area contributed by atoms with Gasteiger partial charge in [0.05, 0.1) is 18.8 Å². The van der Waals surface area contributed by atoms with E-state index < -0.39 is 6.10 Å². The van der Waals surface area contributed by atoms with Crippen LogP contribution in [-0.4, -0.2) is 44.0 Å². The fourth-order valence-corrected chi connectivity index (χ4v) is 2.44. The summed E-state index contributed by atoms with van der Waals surface area (Å²) < 4.78 is 16.8. The highest BCUT2D eigenvalue weighted by molar-refractivity contribution is 5.80. The number of hydrogen-bond acceptors (Lipinski definition) is 4. The van der Waals surface area contributed by atoms with Crippen molar-refractivity contribution in [3.63, 3.8) is 0 Å². The predicted molar refractivity (Wildman–Crippen MR) is 88.7 cm³/mol. The molecule has 3 atom stereocenters. The third kappa shape index (κ3) is 5.84. The molecule has 1 aliphatic heterocycles. The Balaban J connectivity index is 1.68. The molecular weight excluding hydrogens is 294 g/mol. The van der Waals surface area contributed by atoms with Crippen molar-refractivity contribution in [3.8, 4) is 5.75 Å². The Bertz CT molecular complexity index is 500. The second kappa shape index (κ2) is 8.89. The highest BCUT2D eigenvalue weighted by atomic mass is 16.5. The number of aryl methyl sites for hydroxylation is 1. The molecular formula is C18H27NO4. The number of benzene rings is 1. The van der Waals surface area contributed by atoms with Gasteiger partial charge in [0.2, 0.25) is 5.91 Å². The van der Waals surface area contributed by atoms with Crippen molar-refractivity contribution in [2.45, 2.75) is 51.9 Å². The van der Waals surface area contributed by atoms with Crippen molar-refractivity contribution in [1.82, 2.24) is 5.32 Å². The van der Waals surface area contributed by atoms with Crippen LogP contribution in [0.3, 0.4) is 0 Å². The molecule has 0 spiro atoms. The molecule has 128 valence electrons. The second-order valence-corrected chi connectivity index (χ2v) is 6.10. The van der Waals surface area contributed by atoms with Crippen molar-refractivity contribution < 1.29 is 19.0 Å². The Morgan fingerprint density at radius 1 is 1.39 bits per heavy atom. The van der Waals surface area contributed by atoms with Crippen molar-refractivity contribution in [2.75, 3.05) is 19.8 Å². The fraction of sp³-hybridized carbons (Fsp3) is 0.611. The molecule has 1 N–H and O–H groups in total. The number of hydrogen-bond donors (Lipinski definition) is 1. The minimum atomic E-state index is -0.486. The van der Waals surface area contributed by atoms with Crippen LogP contribution in [0.4, 0.5) is 0 Å². The molecule has 5 heteroatoms. The normalized spacial score (nSPS) is 20.0. The molecule has 1 heterocycles. The zero-order valence-electron chi connectivity index (χ0n) is 14.2. The lowest BCUT2D eigenvalue weighted by Gasteiger charge is -2.20. The average Bonchev–Trinajstić information content (AvgIpc) is 3.05. The average molecular weight is 321 g/mol. The van der Waals surface area contributed by atoms with E-state index in [1.54, 1.807) is 6.92 Å². The summed E-state index contributed by atoms with van der Waals surface area (Å²) in [5, 5.41) is 2.91. The van der Waals surface area contributed by atoms with Crippen LogP contribution < -0.4 is 10.1 Å². The molecule has 1 fully saturated rings. The topological polar surface area (TPSA) is 56.8 Å². The number of ether oxygens (including phenoxy) is 3. The van der Waals surface area contributed by atoms with Gasteiger partial charge >= 0.3 is 0 Å². The summed E-state index contributed by atoms with van der Waals surface area (Å²) in [6.45, 7) is 7.38. The molecule has 1 aliphatic rings. The molecule has 1 aromatic rings. The molecule has 1 saturated heterocycles. The first-order chi connectivity index (χ1) is 11.1. The Labute approximate surface area is 138 Å². The Morgan fingerprint density at radius 3 is 2.87 bits per heavy atom. The van der Waals surface area contributed by atoms with E-state index in [0.29, 0.717) is 13.2 Å². The van der Waals surface area contributed by atoms with Gasteiger partial charge in [-0.1, -0.05) is 18.2 Å². The van der Waals surface area contributed by atoms with Gasteiger partial charge in [-0.3, -0.25) is 4.79 Å². The van der Waals surface area contributed by atoms with Crippen LogP contribution in [0.2, 0.25) is 0 Å². The van der Waals surface area contributed by atoms with Crippen LogP contribution >= 0.6 is 0 Å². The minimum Gasteiger partial charge on any atom is -0.491 e. The van der Waals surface area contributed by atoms with E-state index in [2.05, 4.69) is 5.32 Å². The van der Waals surface area contributed by atoms with Crippen LogP contribution in [0.1, 0.15) is 32.3 Å². The molecule has 0 unspecified atom stereocenters. The van der Waals surface area contributed by atoms with Gasteiger partial charge in [0.15, 0.2) is 0 Å². The van der Waals surface area contributed by atoms with Crippen molar-refractivity contribution in [1.29, 1.82) is 0 Å². The number of carbonyl (C=O) groups excluding carboxylic acids is 1. The van der Waals surface area contributed by atoms with E-state index in [1.807, 2.05) is 38.1 Å². The van der Waals surface area contributed by atoms with Crippen LogP contribution in [0.5, 0.6) is 5.75 Å². The summed E-state index contributed by atoms with van der Waals surface area (Å²) in [6, 6.07) is 7.75. The molecule has 23 heavy (non-hydrogen) atoms. The minimum absolute atomic E-state index is 0.0871. The van der Waals surface area contributed by atoms with Gasteiger partial charge in [-0.25, -0.2) is 0 Å². The molecule has 0 saturated carbocycles. The first kappa shape index (κ1) is 17.8. The number of rotatable bonds is 8. The Kier molecular flexibility index (Phi) is 6.86. The van der Waals surface area contributed by atoms with Gasteiger partial charge in [-0.2, -0.15) is 0 Å². The quantitative estimate of drug-likeness (QED) is 0.799. The summed E-state index contributed by atoms with van der Waals surface area (Å²) in [4.78, 5) is 12.1. The van der Waals surface area contributed by atoms with E-state index >= 15 is 0 Å². The van der Waals surface area contributed by atoms with Gasteiger partial charge in [0, 0.05) is 6.61 Å². The lowest BCUT2D eigenvalue weighted by molar-refractivity contribution is -0.134. The van der Waals surface area contributed by atoms with Gasteiger partial charge in [-0.15, -0.1) is 0 Å². The largest absolute Gasteiger partial charge is 0.491 e. The van der Waals surface area contributed by atoms with E-state index in [4.69, 9.17) is 14.2 Å². The van der Waals surface area contributed by atoms with E-state index in [0.717, 1.165) is 30.8 Å². The summed E-state index contributed by atoms with van der Waals surface area (Å²) in [5.41, 5.74) is 1.08. The molecule has 0 bridgehead atoms. The van der Waals surface area contributed by atoms with Crippen LogP contribution in [0.25, 0.3) is 0 Å². The first-order valence-corrected chi connectivity index (χ1v) is 8.28. The van der Waals surface area contributed by atoms with Crippen LogP contribution in [-0.2, 0) is 14.3 Å². The number of carbonyl (C=O) groups is 1.